The highest BCUT2D eigenvalue weighted by Crippen LogP contribution is 2.35. The first kappa shape index (κ1) is 13.3. The van der Waals surface area contributed by atoms with E-state index in [1.165, 1.54) is 16.5 Å². The van der Waals surface area contributed by atoms with E-state index in [1.54, 1.807) is 0 Å². The molecule has 2 rings (SSSR count). The standard InChI is InChI=1S/C16H18OP/c1-14(2)13-17-18(15-9-5-3-6-10-15)16-11-7-4-8-12-16/h3-12H,13H2,1-2H3. The Morgan fingerprint density at radius 2 is 1.28 bits per heavy atom. The second kappa shape index (κ2) is 6.68. The fraction of sp³-hybridized carbons (Fsp3) is 0.188. The van der Waals surface area contributed by atoms with Crippen molar-refractivity contribution >= 4 is 18.8 Å². The molecule has 0 unspecified atom stereocenters. The van der Waals surface area contributed by atoms with Gasteiger partial charge < -0.3 is 4.52 Å². The second-order valence-corrected chi connectivity index (χ2v) is 6.33. The van der Waals surface area contributed by atoms with Crippen molar-refractivity contribution < 1.29 is 4.52 Å². The molecule has 0 aliphatic heterocycles. The Morgan fingerprint density at radius 1 is 0.833 bits per heavy atom. The Bertz CT molecular complexity index is 414. The van der Waals surface area contributed by atoms with Gasteiger partial charge in [0.1, 0.15) is 0 Å². The Kier molecular flexibility index (Phi) is 4.92. The lowest BCUT2D eigenvalue weighted by molar-refractivity contribution is 0.378. The molecule has 1 radical (unpaired) electrons. The van der Waals surface area contributed by atoms with Gasteiger partial charge in [0.25, 0.3) is 0 Å². The molecule has 18 heavy (non-hydrogen) atoms. The van der Waals surface area contributed by atoms with Crippen LogP contribution in [0.3, 0.4) is 0 Å². The quantitative estimate of drug-likeness (QED) is 0.743. The third-order valence-corrected chi connectivity index (χ3v) is 4.39. The fourth-order valence-electron chi connectivity index (χ4n) is 1.62. The summed E-state index contributed by atoms with van der Waals surface area (Å²) >= 11 is 0. The van der Waals surface area contributed by atoms with Gasteiger partial charge >= 0.3 is 0 Å². The van der Waals surface area contributed by atoms with Crippen LogP contribution in [0.2, 0.25) is 0 Å². The van der Waals surface area contributed by atoms with Crippen molar-refractivity contribution in [2.45, 2.75) is 13.8 Å². The Balaban J connectivity index is 2.24. The fourth-order valence-corrected chi connectivity index (χ4v) is 3.49. The largest absolute Gasteiger partial charge is 0.349 e. The lowest BCUT2D eigenvalue weighted by Crippen LogP contribution is -2.14. The third-order valence-electron chi connectivity index (χ3n) is 2.46. The lowest BCUT2D eigenvalue weighted by atomic mass is 10.2. The molecule has 0 atom stereocenters. The minimum Gasteiger partial charge on any atom is -0.349 e. The second-order valence-electron chi connectivity index (χ2n) is 4.45. The van der Waals surface area contributed by atoms with Gasteiger partial charge in [0, 0.05) is 10.6 Å². The highest BCUT2D eigenvalue weighted by molar-refractivity contribution is 7.68. The number of hydrogen-bond acceptors (Lipinski definition) is 1. The molecule has 0 N–H and O–H groups in total. The van der Waals surface area contributed by atoms with Gasteiger partial charge in [0.2, 0.25) is 0 Å². The summed E-state index contributed by atoms with van der Waals surface area (Å²) in [6.45, 7) is 4.92. The van der Waals surface area contributed by atoms with E-state index in [-0.39, 0.29) is 0 Å². The first-order valence-electron chi connectivity index (χ1n) is 6.09. The lowest BCUT2D eigenvalue weighted by Gasteiger charge is -2.19. The van der Waals surface area contributed by atoms with Crippen molar-refractivity contribution in [2.75, 3.05) is 6.61 Å². The average Bonchev–Trinajstić information content (AvgIpc) is 2.41. The van der Waals surface area contributed by atoms with Crippen LogP contribution in [0.25, 0.3) is 0 Å². The Hall–Kier alpha value is -1.17. The molecule has 0 saturated heterocycles. The summed E-state index contributed by atoms with van der Waals surface area (Å²) in [5.74, 6) is 1.30. The zero-order valence-electron chi connectivity index (χ0n) is 10.8. The molecule has 0 aliphatic carbocycles. The third kappa shape index (κ3) is 3.66. The average molecular weight is 257 g/mol. The van der Waals surface area contributed by atoms with Crippen molar-refractivity contribution in [2.24, 2.45) is 0 Å². The number of hydrogen-bond donors (Lipinski definition) is 0. The van der Waals surface area contributed by atoms with Crippen molar-refractivity contribution in [1.82, 2.24) is 0 Å². The van der Waals surface area contributed by atoms with Gasteiger partial charge in [0.15, 0.2) is 0 Å². The highest BCUT2D eigenvalue weighted by Gasteiger charge is 2.15. The van der Waals surface area contributed by atoms with Gasteiger partial charge in [-0.1, -0.05) is 74.5 Å². The molecule has 0 aliphatic rings. The van der Waals surface area contributed by atoms with Gasteiger partial charge in [-0.2, -0.15) is 0 Å². The molecule has 93 valence electrons. The summed E-state index contributed by atoms with van der Waals surface area (Å²) in [7, 11) is -0.704. The van der Waals surface area contributed by atoms with Crippen LogP contribution in [-0.2, 0) is 4.52 Å². The summed E-state index contributed by atoms with van der Waals surface area (Å²) < 4.78 is 6.10. The van der Waals surface area contributed by atoms with E-state index in [9.17, 15) is 0 Å². The van der Waals surface area contributed by atoms with E-state index < -0.39 is 8.15 Å². The van der Waals surface area contributed by atoms with Crippen LogP contribution in [0.5, 0.6) is 0 Å². The van der Waals surface area contributed by atoms with Crippen molar-refractivity contribution in [3.8, 4) is 0 Å². The summed E-state index contributed by atoms with van der Waals surface area (Å²) in [5.41, 5.74) is 0. The molecule has 0 fully saturated rings. The smallest absolute Gasteiger partial charge is 0.0917 e. The maximum Gasteiger partial charge on any atom is 0.0917 e. The zero-order chi connectivity index (χ0) is 12.8. The van der Waals surface area contributed by atoms with E-state index in [4.69, 9.17) is 4.52 Å². The predicted molar refractivity (Wildman–Crippen MR) is 79.6 cm³/mol. The number of rotatable bonds is 5. The van der Waals surface area contributed by atoms with E-state index in [0.717, 1.165) is 6.61 Å². The summed E-state index contributed by atoms with van der Waals surface area (Å²) in [6, 6.07) is 20.9. The minimum absolute atomic E-state index is 0.704. The first-order valence-corrected chi connectivity index (χ1v) is 7.35. The maximum absolute atomic E-state index is 6.10. The molecule has 0 aromatic heterocycles. The molecule has 2 aromatic rings. The van der Waals surface area contributed by atoms with Crippen molar-refractivity contribution in [3.63, 3.8) is 0 Å². The number of benzene rings is 2. The predicted octanol–water partition coefficient (Wildman–Crippen LogP) is 3.67. The van der Waals surface area contributed by atoms with E-state index in [1.807, 2.05) is 12.1 Å². The summed E-state index contributed by atoms with van der Waals surface area (Å²) in [5, 5.41) is 2.53. The van der Waals surface area contributed by atoms with Gasteiger partial charge in [-0.15, -0.1) is 0 Å². The van der Waals surface area contributed by atoms with Crippen LogP contribution in [0.1, 0.15) is 13.8 Å². The molecule has 0 spiro atoms. The minimum atomic E-state index is -0.704. The van der Waals surface area contributed by atoms with Crippen molar-refractivity contribution in [3.05, 3.63) is 66.6 Å². The molecule has 0 heterocycles. The van der Waals surface area contributed by atoms with Crippen LogP contribution in [0.4, 0.5) is 0 Å². The van der Waals surface area contributed by atoms with Gasteiger partial charge in [0.05, 0.1) is 14.8 Å². The van der Waals surface area contributed by atoms with Crippen LogP contribution in [0, 0.1) is 5.92 Å². The van der Waals surface area contributed by atoms with Crippen molar-refractivity contribution in [1.29, 1.82) is 0 Å². The van der Waals surface area contributed by atoms with E-state index in [0.29, 0.717) is 0 Å². The molecular weight excluding hydrogens is 239 g/mol. The van der Waals surface area contributed by atoms with Gasteiger partial charge in [-0.25, -0.2) is 0 Å². The molecule has 0 bridgehead atoms. The molecule has 2 heteroatoms. The highest BCUT2D eigenvalue weighted by atomic mass is 31.1. The van der Waals surface area contributed by atoms with Gasteiger partial charge in [-0.05, 0) is 5.92 Å². The van der Waals surface area contributed by atoms with Gasteiger partial charge in [-0.3, -0.25) is 0 Å². The topological polar surface area (TPSA) is 9.23 Å². The van der Waals surface area contributed by atoms with E-state index >= 15 is 0 Å². The molecule has 1 nitrogen and oxygen atoms in total. The molecule has 2 aromatic carbocycles. The Morgan fingerprint density at radius 3 is 1.67 bits per heavy atom. The van der Waals surface area contributed by atoms with Crippen LogP contribution in [-0.4, -0.2) is 6.61 Å². The summed E-state index contributed by atoms with van der Waals surface area (Å²) in [6.07, 6.45) is 0. The molecular formula is C16H18OP. The normalized spacial score (nSPS) is 11.1. The van der Waals surface area contributed by atoms with Crippen LogP contribution < -0.4 is 10.6 Å². The zero-order valence-corrected chi connectivity index (χ0v) is 11.7. The molecule has 0 amide bonds. The van der Waals surface area contributed by atoms with Crippen LogP contribution in [0.15, 0.2) is 60.7 Å². The SMILES string of the molecule is C[C](C)COP(c1ccccc1)c1ccccc1. The Labute approximate surface area is 111 Å². The maximum atomic E-state index is 6.10. The monoisotopic (exact) mass is 257 g/mol. The van der Waals surface area contributed by atoms with Crippen LogP contribution >= 0.6 is 8.15 Å². The summed E-state index contributed by atoms with van der Waals surface area (Å²) in [4.78, 5) is 0. The molecule has 0 saturated carbocycles. The van der Waals surface area contributed by atoms with E-state index in [2.05, 4.69) is 62.4 Å². The first-order chi connectivity index (χ1) is 8.77.